The molecule has 1 aliphatic rings. The molecule has 0 bridgehead atoms. The molecule has 5 rings (SSSR count). The lowest BCUT2D eigenvalue weighted by Crippen LogP contribution is -2.34. The average Bonchev–Trinajstić information content (AvgIpc) is 3.23. The SMILES string of the molecule is Cc1cc(N2C=CC=C(c3ccnn3-c3cccc4ncccc34)N2)ccn1. The molecule has 1 aliphatic heterocycles. The van der Waals surface area contributed by atoms with Gasteiger partial charge in [-0.1, -0.05) is 6.07 Å². The van der Waals surface area contributed by atoms with Crippen molar-refractivity contribution in [2.24, 2.45) is 0 Å². The van der Waals surface area contributed by atoms with Crippen LogP contribution >= 0.6 is 0 Å². The van der Waals surface area contributed by atoms with Crippen LogP contribution in [-0.2, 0) is 0 Å². The number of aryl methyl sites for hydroxylation is 1. The maximum Gasteiger partial charge on any atom is 0.0918 e. The second kappa shape index (κ2) is 6.66. The van der Waals surface area contributed by atoms with Crippen LogP contribution in [0.1, 0.15) is 11.4 Å². The summed E-state index contributed by atoms with van der Waals surface area (Å²) in [4.78, 5) is 8.73. The minimum absolute atomic E-state index is 0.945. The van der Waals surface area contributed by atoms with Crippen molar-refractivity contribution in [3.63, 3.8) is 0 Å². The summed E-state index contributed by atoms with van der Waals surface area (Å²) in [6.45, 7) is 1.98. The van der Waals surface area contributed by atoms with Gasteiger partial charge in [0.1, 0.15) is 0 Å². The molecule has 3 aromatic heterocycles. The summed E-state index contributed by atoms with van der Waals surface area (Å²) in [5.41, 5.74) is 9.32. The van der Waals surface area contributed by atoms with E-state index in [9.17, 15) is 0 Å². The number of fused-ring (bicyclic) bond motifs is 1. The number of aromatic nitrogens is 4. The highest BCUT2D eigenvalue weighted by atomic mass is 15.5. The first-order chi connectivity index (χ1) is 13.8. The molecule has 136 valence electrons. The van der Waals surface area contributed by atoms with Gasteiger partial charge in [-0.25, -0.2) is 4.68 Å². The molecule has 4 heterocycles. The summed E-state index contributed by atoms with van der Waals surface area (Å²) < 4.78 is 1.94. The number of nitrogens with zero attached hydrogens (tertiary/aromatic N) is 5. The molecule has 1 aromatic carbocycles. The number of hydrogen-bond acceptors (Lipinski definition) is 5. The van der Waals surface area contributed by atoms with Crippen molar-refractivity contribution in [3.8, 4) is 5.69 Å². The van der Waals surface area contributed by atoms with Gasteiger partial charge in [0.25, 0.3) is 0 Å². The summed E-state index contributed by atoms with van der Waals surface area (Å²) in [6.07, 6.45) is 11.5. The zero-order valence-electron chi connectivity index (χ0n) is 15.3. The Morgan fingerprint density at radius 1 is 0.929 bits per heavy atom. The van der Waals surface area contributed by atoms with Gasteiger partial charge >= 0.3 is 0 Å². The zero-order valence-corrected chi connectivity index (χ0v) is 15.3. The third kappa shape index (κ3) is 2.81. The maximum absolute atomic E-state index is 4.58. The van der Waals surface area contributed by atoms with Crippen molar-refractivity contribution in [2.45, 2.75) is 6.92 Å². The van der Waals surface area contributed by atoms with Crippen LogP contribution < -0.4 is 10.4 Å². The molecule has 0 aliphatic carbocycles. The van der Waals surface area contributed by atoms with E-state index in [0.29, 0.717) is 0 Å². The molecule has 6 nitrogen and oxygen atoms in total. The van der Waals surface area contributed by atoms with Crippen LogP contribution in [0.5, 0.6) is 0 Å². The van der Waals surface area contributed by atoms with Crippen molar-refractivity contribution in [2.75, 3.05) is 5.01 Å². The van der Waals surface area contributed by atoms with Crippen molar-refractivity contribution in [3.05, 3.63) is 96.9 Å². The van der Waals surface area contributed by atoms with E-state index in [-0.39, 0.29) is 0 Å². The largest absolute Gasteiger partial charge is 0.292 e. The molecule has 1 N–H and O–H groups in total. The van der Waals surface area contributed by atoms with Gasteiger partial charge < -0.3 is 0 Å². The van der Waals surface area contributed by atoms with E-state index in [1.54, 1.807) is 6.20 Å². The fourth-order valence-electron chi connectivity index (χ4n) is 3.37. The number of nitrogens with one attached hydrogen (secondary N) is 1. The van der Waals surface area contributed by atoms with Gasteiger partial charge in [-0.15, -0.1) is 0 Å². The number of rotatable bonds is 3. The van der Waals surface area contributed by atoms with Crippen LogP contribution in [0, 0.1) is 6.92 Å². The quantitative estimate of drug-likeness (QED) is 0.594. The van der Waals surface area contributed by atoms with Crippen molar-refractivity contribution < 1.29 is 0 Å². The molecular formula is C22H18N6. The lowest BCUT2D eigenvalue weighted by atomic mass is 10.1. The van der Waals surface area contributed by atoms with Crippen LogP contribution in [0.4, 0.5) is 5.69 Å². The molecule has 0 amide bonds. The molecule has 6 heteroatoms. The molecule has 0 atom stereocenters. The molecule has 0 unspecified atom stereocenters. The summed E-state index contributed by atoms with van der Waals surface area (Å²) in [7, 11) is 0. The second-order valence-corrected chi connectivity index (χ2v) is 6.53. The van der Waals surface area contributed by atoms with Gasteiger partial charge in [-0.05, 0) is 61.5 Å². The van der Waals surface area contributed by atoms with E-state index in [4.69, 9.17) is 0 Å². The Labute approximate surface area is 162 Å². The molecule has 0 saturated carbocycles. The number of pyridine rings is 2. The molecule has 28 heavy (non-hydrogen) atoms. The third-order valence-corrected chi connectivity index (χ3v) is 4.67. The van der Waals surface area contributed by atoms with Gasteiger partial charge in [0, 0.05) is 29.7 Å². The Hall–Kier alpha value is -3.93. The van der Waals surface area contributed by atoms with Crippen LogP contribution in [-0.4, -0.2) is 19.7 Å². The fourth-order valence-corrected chi connectivity index (χ4v) is 3.37. The zero-order chi connectivity index (χ0) is 18.9. The first kappa shape index (κ1) is 16.3. The molecular weight excluding hydrogens is 348 g/mol. The highest BCUT2D eigenvalue weighted by Gasteiger charge is 2.16. The van der Waals surface area contributed by atoms with Gasteiger partial charge in [-0.3, -0.25) is 20.4 Å². The van der Waals surface area contributed by atoms with E-state index in [1.807, 2.05) is 83.8 Å². The Kier molecular flexibility index (Phi) is 3.87. The molecule has 0 saturated heterocycles. The van der Waals surface area contributed by atoms with Gasteiger partial charge in [0.2, 0.25) is 0 Å². The number of benzene rings is 1. The predicted octanol–water partition coefficient (Wildman–Crippen LogP) is 4.00. The van der Waals surface area contributed by atoms with E-state index in [1.165, 1.54) is 0 Å². The first-order valence-electron chi connectivity index (χ1n) is 9.05. The second-order valence-electron chi connectivity index (χ2n) is 6.53. The van der Waals surface area contributed by atoms with Crippen molar-refractivity contribution in [1.29, 1.82) is 0 Å². The minimum atomic E-state index is 0.945. The third-order valence-electron chi connectivity index (χ3n) is 4.67. The van der Waals surface area contributed by atoms with E-state index < -0.39 is 0 Å². The first-order valence-corrected chi connectivity index (χ1v) is 9.05. The Bertz CT molecular complexity index is 1220. The molecule has 4 aromatic rings. The minimum Gasteiger partial charge on any atom is -0.292 e. The van der Waals surface area contributed by atoms with Crippen LogP contribution in [0.15, 0.2) is 85.5 Å². The Balaban J connectivity index is 1.54. The molecule has 0 radical (unpaired) electrons. The highest BCUT2D eigenvalue weighted by molar-refractivity contribution is 5.87. The van der Waals surface area contributed by atoms with Crippen molar-refractivity contribution >= 4 is 22.3 Å². The summed E-state index contributed by atoms with van der Waals surface area (Å²) >= 11 is 0. The summed E-state index contributed by atoms with van der Waals surface area (Å²) in [5.74, 6) is 0. The normalized spacial score (nSPS) is 13.5. The predicted molar refractivity (Wildman–Crippen MR) is 111 cm³/mol. The average molecular weight is 366 g/mol. The topological polar surface area (TPSA) is 58.9 Å². The number of hydrazine groups is 1. The highest BCUT2D eigenvalue weighted by Crippen LogP contribution is 2.26. The lowest BCUT2D eigenvalue weighted by molar-refractivity contribution is 0.830. The van der Waals surface area contributed by atoms with Gasteiger partial charge in [0.15, 0.2) is 0 Å². The monoisotopic (exact) mass is 366 g/mol. The molecule has 0 spiro atoms. The standard InChI is InChI=1S/C22H18N6/c1-16-15-17(9-12-23-16)27-14-4-7-20(26-27)22-10-13-25-28(22)21-8-2-6-19-18(21)5-3-11-24-19/h2-15,26H,1H3. The fraction of sp³-hybridized carbons (Fsp3) is 0.0455. The Morgan fingerprint density at radius 2 is 1.89 bits per heavy atom. The number of allylic oxidation sites excluding steroid dienone is 2. The smallest absolute Gasteiger partial charge is 0.0918 e. The van der Waals surface area contributed by atoms with Crippen LogP contribution in [0.3, 0.4) is 0 Å². The molecule has 0 fully saturated rings. The maximum atomic E-state index is 4.58. The van der Waals surface area contributed by atoms with Gasteiger partial charge in [0.05, 0.1) is 34.5 Å². The van der Waals surface area contributed by atoms with E-state index >= 15 is 0 Å². The lowest BCUT2D eigenvalue weighted by Gasteiger charge is -2.27. The van der Waals surface area contributed by atoms with E-state index in [2.05, 4.69) is 32.6 Å². The Morgan fingerprint density at radius 3 is 2.82 bits per heavy atom. The number of hydrogen-bond donors (Lipinski definition) is 1. The number of anilines is 1. The van der Waals surface area contributed by atoms with Gasteiger partial charge in [-0.2, -0.15) is 5.10 Å². The van der Waals surface area contributed by atoms with E-state index in [0.717, 1.165) is 39.4 Å². The van der Waals surface area contributed by atoms with Crippen LogP contribution in [0.25, 0.3) is 22.3 Å². The summed E-state index contributed by atoms with van der Waals surface area (Å²) in [6, 6.07) is 16.1. The van der Waals surface area contributed by atoms with Crippen molar-refractivity contribution in [1.82, 2.24) is 25.2 Å². The summed E-state index contributed by atoms with van der Waals surface area (Å²) in [5, 5.41) is 7.62. The van der Waals surface area contributed by atoms with Crippen LogP contribution in [0.2, 0.25) is 0 Å².